The molecule has 1 saturated heterocycles. The number of rotatable bonds is 3. The molecule has 1 amide bonds. The summed E-state index contributed by atoms with van der Waals surface area (Å²) in [6.45, 7) is 2.44. The summed E-state index contributed by atoms with van der Waals surface area (Å²) in [6, 6.07) is 17.4. The summed E-state index contributed by atoms with van der Waals surface area (Å²) in [5.41, 5.74) is 2.20. The van der Waals surface area contributed by atoms with Crippen molar-refractivity contribution in [1.82, 2.24) is 14.7 Å². The van der Waals surface area contributed by atoms with Crippen LogP contribution in [0.25, 0.3) is 5.69 Å². The number of piperazine rings is 1. The lowest BCUT2D eigenvalue weighted by atomic mass is 10.1. The standard InChI is InChI=1S/C23H21ClN4O2S/c24-21-18(15-25-28(23(21)30)17-7-2-1-3-8-17)26-10-12-27(13-11-26)22(29)20-14-16-6-4-5-9-19(16)31-20/h1-9,15,20H,10-14H2/t20-/m0/s1. The molecule has 0 N–H and O–H groups in total. The van der Waals surface area contributed by atoms with Crippen LogP contribution in [0.3, 0.4) is 0 Å². The van der Waals surface area contributed by atoms with Crippen LogP contribution in [-0.4, -0.2) is 52.0 Å². The molecule has 2 aliphatic rings. The minimum atomic E-state index is -0.344. The highest BCUT2D eigenvalue weighted by Gasteiger charge is 2.33. The maximum absolute atomic E-state index is 13.0. The van der Waals surface area contributed by atoms with Crippen molar-refractivity contribution in [3.8, 4) is 5.69 Å². The highest BCUT2D eigenvalue weighted by Crippen LogP contribution is 2.37. The van der Waals surface area contributed by atoms with Crippen molar-refractivity contribution in [3.05, 3.63) is 81.7 Å². The lowest BCUT2D eigenvalue weighted by Gasteiger charge is -2.37. The molecule has 0 aliphatic carbocycles. The number of anilines is 1. The van der Waals surface area contributed by atoms with Crippen LogP contribution in [-0.2, 0) is 11.2 Å². The Labute approximate surface area is 189 Å². The Bertz CT molecular complexity index is 1150. The van der Waals surface area contributed by atoms with E-state index < -0.39 is 0 Å². The topological polar surface area (TPSA) is 58.4 Å². The van der Waals surface area contributed by atoms with Gasteiger partial charge in [0.2, 0.25) is 5.91 Å². The Morgan fingerprint density at radius 2 is 1.71 bits per heavy atom. The largest absolute Gasteiger partial charge is 0.365 e. The highest BCUT2D eigenvalue weighted by molar-refractivity contribution is 8.01. The molecule has 8 heteroatoms. The van der Waals surface area contributed by atoms with Crippen LogP contribution in [0.4, 0.5) is 5.69 Å². The van der Waals surface area contributed by atoms with Crippen molar-refractivity contribution in [1.29, 1.82) is 0 Å². The molecule has 3 aromatic rings. The van der Waals surface area contributed by atoms with E-state index in [2.05, 4.69) is 17.2 Å². The number of nitrogens with zero attached hydrogens (tertiary/aromatic N) is 4. The smallest absolute Gasteiger partial charge is 0.292 e. The fourth-order valence-electron chi connectivity index (χ4n) is 4.09. The van der Waals surface area contributed by atoms with Gasteiger partial charge < -0.3 is 9.80 Å². The van der Waals surface area contributed by atoms with E-state index in [-0.39, 0.29) is 21.7 Å². The summed E-state index contributed by atoms with van der Waals surface area (Å²) in [4.78, 5) is 31.0. The number of thioether (sulfide) groups is 1. The number of halogens is 1. The summed E-state index contributed by atoms with van der Waals surface area (Å²) in [5.74, 6) is 0.185. The number of hydrogen-bond donors (Lipinski definition) is 0. The Morgan fingerprint density at radius 3 is 2.45 bits per heavy atom. The predicted molar refractivity (Wildman–Crippen MR) is 123 cm³/mol. The molecule has 5 rings (SSSR count). The van der Waals surface area contributed by atoms with Gasteiger partial charge in [-0.1, -0.05) is 48.0 Å². The van der Waals surface area contributed by atoms with Crippen LogP contribution < -0.4 is 10.5 Å². The normalized spacial score (nSPS) is 18.2. The predicted octanol–water partition coefficient (Wildman–Crippen LogP) is 3.25. The molecule has 2 aliphatic heterocycles. The van der Waals surface area contributed by atoms with E-state index in [4.69, 9.17) is 11.6 Å². The molecule has 1 atom stereocenters. The van der Waals surface area contributed by atoms with E-state index >= 15 is 0 Å². The quantitative estimate of drug-likeness (QED) is 0.610. The van der Waals surface area contributed by atoms with Gasteiger partial charge in [0, 0.05) is 31.1 Å². The average Bonchev–Trinajstić information content (AvgIpc) is 3.25. The molecule has 2 aromatic carbocycles. The Morgan fingerprint density at radius 1 is 1.00 bits per heavy atom. The van der Waals surface area contributed by atoms with Gasteiger partial charge in [-0.05, 0) is 30.2 Å². The zero-order valence-electron chi connectivity index (χ0n) is 16.8. The van der Waals surface area contributed by atoms with Gasteiger partial charge in [0.25, 0.3) is 5.56 Å². The van der Waals surface area contributed by atoms with Gasteiger partial charge in [-0.3, -0.25) is 9.59 Å². The van der Waals surface area contributed by atoms with Crippen LogP contribution >= 0.6 is 23.4 Å². The van der Waals surface area contributed by atoms with Crippen molar-refractivity contribution in [2.45, 2.75) is 16.6 Å². The van der Waals surface area contributed by atoms with Crippen LogP contribution in [0, 0.1) is 0 Å². The second-order valence-electron chi connectivity index (χ2n) is 7.63. The SMILES string of the molecule is O=C([C@@H]1Cc2ccccc2S1)N1CCN(c2cnn(-c3ccccc3)c(=O)c2Cl)CC1. The fourth-order valence-corrected chi connectivity index (χ4v) is 5.62. The van der Waals surface area contributed by atoms with Gasteiger partial charge in [-0.25, -0.2) is 0 Å². The van der Waals surface area contributed by atoms with E-state index in [9.17, 15) is 9.59 Å². The van der Waals surface area contributed by atoms with Gasteiger partial charge in [-0.15, -0.1) is 11.8 Å². The average molecular weight is 453 g/mol. The molecule has 31 heavy (non-hydrogen) atoms. The first-order valence-corrected chi connectivity index (χ1v) is 11.5. The number of aromatic nitrogens is 2. The van der Waals surface area contributed by atoms with Crippen LogP contribution in [0.1, 0.15) is 5.56 Å². The molecule has 0 unspecified atom stereocenters. The molecule has 0 saturated carbocycles. The summed E-state index contributed by atoms with van der Waals surface area (Å²) in [6.07, 6.45) is 2.42. The third kappa shape index (κ3) is 3.83. The Balaban J connectivity index is 1.26. The molecule has 3 heterocycles. The second-order valence-corrected chi connectivity index (χ2v) is 9.25. The summed E-state index contributed by atoms with van der Waals surface area (Å²) in [5, 5.41) is 4.42. The zero-order valence-corrected chi connectivity index (χ0v) is 18.4. The molecule has 1 aromatic heterocycles. The van der Waals surface area contributed by atoms with E-state index in [1.165, 1.54) is 15.1 Å². The van der Waals surface area contributed by atoms with Crippen molar-refractivity contribution in [2.24, 2.45) is 0 Å². The molecule has 6 nitrogen and oxygen atoms in total. The number of carbonyl (C=O) groups excluding carboxylic acids is 1. The highest BCUT2D eigenvalue weighted by atomic mass is 35.5. The third-order valence-corrected chi connectivity index (χ3v) is 7.42. The Kier molecular flexibility index (Phi) is 5.46. The van der Waals surface area contributed by atoms with E-state index in [1.807, 2.05) is 52.3 Å². The van der Waals surface area contributed by atoms with E-state index in [0.29, 0.717) is 37.6 Å². The first-order chi connectivity index (χ1) is 15.1. The first kappa shape index (κ1) is 20.2. The summed E-state index contributed by atoms with van der Waals surface area (Å²) >= 11 is 8.10. The van der Waals surface area contributed by atoms with Crippen molar-refractivity contribution < 1.29 is 4.79 Å². The maximum Gasteiger partial charge on any atom is 0.292 e. The molecule has 1 fully saturated rings. The third-order valence-electron chi connectivity index (χ3n) is 5.76. The van der Waals surface area contributed by atoms with Gasteiger partial charge >= 0.3 is 0 Å². The fraction of sp³-hybridized carbons (Fsp3) is 0.261. The monoisotopic (exact) mass is 452 g/mol. The van der Waals surface area contributed by atoms with Gasteiger partial charge in [-0.2, -0.15) is 9.78 Å². The Hall–Kier alpha value is -2.77. The number of hydrogen-bond acceptors (Lipinski definition) is 5. The summed E-state index contributed by atoms with van der Waals surface area (Å²) in [7, 11) is 0. The molecular weight excluding hydrogens is 432 g/mol. The number of amides is 1. The van der Waals surface area contributed by atoms with Crippen molar-refractivity contribution in [2.75, 3.05) is 31.1 Å². The number of fused-ring (bicyclic) bond motifs is 1. The molecule has 0 spiro atoms. The molecular formula is C23H21ClN4O2S. The molecule has 158 valence electrons. The zero-order chi connectivity index (χ0) is 21.4. The van der Waals surface area contributed by atoms with Crippen LogP contribution in [0.5, 0.6) is 0 Å². The van der Waals surface area contributed by atoms with Crippen molar-refractivity contribution >= 4 is 35.0 Å². The van der Waals surface area contributed by atoms with Gasteiger partial charge in [0.1, 0.15) is 5.02 Å². The first-order valence-electron chi connectivity index (χ1n) is 10.2. The second kappa shape index (κ2) is 8.40. The lowest BCUT2D eigenvalue weighted by molar-refractivity contribution is -0.130. The minimum Gasteiger partial charge on any atom is -0.365 e. The number of benzene rings is 2. The van der Waals surface area contributed by atoms with E-state index in [0.717, 1.165) is 6.42 Å². The van der Waals surface area contributed by atoms with Gasteiger partial charge in [0.05, 0.1) is 22.8 Å². The summed E-state index contributed by atoms with van der Waals surface area (Å²) < 4.78 is 1.31. The van der Waals surface area contributed by atoms with Crippen LogP contribution in [0.15, 0.2) is 70.5 Å². The lowest BCUT2D eigenvalue weighted by Crippen LogP contribution is -2.51. The maximum atomic E-state index is 13.0. The number of para-hydroxylation sites is 1. The van der Waals surface area contributed by atoms with Crippen LogP contribution in [0.2, 0.25) is 5.02 Å². The molecule has 0 radical (unpaired) electrons. The van der Waals surface area contributed by atoms with E-state index in [1.54, 1.807) is 18.0 Å². The molecule has 0 bridgehead atoms. The number of carbonyl (C=O) groups is 1. The van der Waals surface area contributed by atoms with Crippen molar-refractivity contribution in [3.63, 3.8) is 0 Å². The van der Waals surface area contributed by atoms with Gasteiger partial charge in [0.15, 0.2) is 0 Å². The minimum absolute atomic E-state index is 0.0518.